The van der Waals surface area contributed by atoms with Gasteiger partial charge in [-0.3, -0.25) is 9.36 Å². The number of nitrogens with one attached hydrogen (secondary N) is 2. The number of rotatable bonds is 3. The van der Waals surface area contributed by atoms with E-state index in [-0.39, 0.29) is 10.9 Å². The van der Waals surface area contributed by atoms with Crippen LogP contribution in [-0.4, -0.2) is 43.2 Å². The van der Waals surface area contributed by atoms with Crippen LogP contribution >= 0.6 is 0 Å². The monoisotopic (exact) mass is 318 g/mol. The van der Waals surface area contributed by atoms with Gasteiger partial charge >= 0.3 is 0 Å². The minimum absolute atomic E-state index is 0.144. The summed E-state index contributed by atoms with van der Waals surface area (Å²) in [5, 5.41) is 32.5. The Morgan fingerprint density at radius 3 is 3.13 bits per heavy atom. The molecule has 1 aliphatic heterocycles. The van der Waals surface area contributed by atoms with Gasteiger partial charge in [-0.05, 0) is 0 Å². The number of aliphatic hydroxyl groups excluding tert-OH is 2. The van der Waals surface area contributed by atoms with Crippen molar-refractivity contribution in [1.82, 2.24) is 19.4 Å². The molecule has 3 rings (SSSR count). The fourth-order valence-electron chi connectivity index (χ4n) is 2.64. The van der Waals surface area contributed by atoms with Crippen molar-refractivity contribution in [3.05, 3.63) is 28.8 Å². The van der Waals surface area contributed by atoms with Crippen LogP contribution < -0.4 is 10.3 Å². The number of fused-ring (bicyclic) bond motifs is 1. The predicted octanol–water partition coefficient (Wildman–Crippen LogP) is -1.01. The molecule has 4 atom stereocenters. The number of H-pyrrole nitrogens is 1. The Kier molecular flexibility index (Phi) is 3.51. The maximum atomic E-state index is 11.8. The average Bonchev–Trinajstić information content (AvgIpc) is 3.09. The molecule has 0 radical (unpaired) electrons. The topological polar surface area (TPSA) is 174 Å². The summed E-state index contributed by atoms with van der Waals surface area (Å²) in [7, 11) is 0. The van der Waals surface area contributed by atoms with E-state index in [4.69, 9.17) is 10.3 Å². The van der Waals surface area contributed by atoms with Gasteiger partial charge in [0.15, 0.2) is 16.9 Å². The zero-order chi connectivity index (χ0) is 16.6. The molecule has 118 valence electrons. The third-order valence-electron chi connectivity index (χ3n) is 3.79. The number of hydrogen-bond acceptors (Lipinski definition) is 8. The van der Waals surface area contributed by atoms with Crippen molar-refractivity contribution in [2.75, 3.05) is 6.61 Å². The number of imidazole rings is 1. The van der Waals surface area contributed by atoms with Crippen LogP contribution in [0.1, 0.15) is 6.23 Å². The van der Waals surface area contributed by atoms with Gasteiger partial charge in [-0.2, -0.15) is 5.26 Å². The van der Waals surface area contributed by atoms with Gasteiger partial charge in [0.1, 0.15) is 29.8 Å². The van der Waals surface area contributed by atoms with E-state index in [1.807, 2.05) is 6.07 Å². The zero-order valence-corrected chi connectivity index (χ0v) is 11.6. The normalized spacial score (nSPS) is 30.0. The lowest BCUT2D eigenvalue weighted by atomic mass is 9.98. The summed E-state index contributed by atoms with van der Waals surface area (Å²) in [6, 6.07) is 3.19. The molecule has 23 heavy (non-hydrogen) atoms. The van der Waals surface area contributed by atoms with Crippen molar-refractivity contribution in [2.24, 2.45) is 11.0 Å². The number of aromatic nitrogens is 3. The Morgan fingerprint density at radius 1 is 1.70 bits per heavy atom. The van der Waals surface area contributed by atoms with Gasteiger partial charge in [0.25, 0.3) is 5.72 Å². The van der Waals surface area contributed by atoms with E-state index >= 15 is 0 Å². The number of aromatic amines is 1. The van der Waals surface area contributed by atoms with E-state index in [1.54, 1.807) is 0 Å². The van der Waals surface area contributed by atoms with Crippen LogP contribution in [0, 0.1) is 22.8 Å². The van der Waals surface area contributed by atoms with Crippen molar-refractivity contribution >= 4 is 11.2 Å². The molecule has 0 saturated carbocycles. The quantitative estimate of drug-likeness (QED) is 0.416. The van der Waals surface area contributed by atoms with Gasteiger partial charge in [0, 0.05) is 12.3 Å². The predicted molar refractivity (Wildman–Crippen MR) is 72.7 cm³/mol. The Balaban J connectivity index is 2.15. The Labute approximate surface area is 128 Å². The van der Waals surface area contributed by atoms with Crippen LogP contribution in [0.3, 0.4) is 0 Å². The second-order valence-corrected chi connectivity index (χ2v) is 5.00. The highest BCUT2D eigenvalue weighted by molar-refractivity contribution is 5.70. The Morgan fingerprint density at radius 2 is 2.48 bits per heavy atom. The van der Waals surface area contributed by atoms with Gasteiger partial charge in [0.2, 0.25) is 10.3 Å². The molecular formula is C12H12N7O4+. The third kappa shape index (κ3) is 2.06. The Bertz CT molecular complexity index is 893. The lowest BCUT2D eigenvalue weighted by molar-refractivity contribution is -0.126. The van der Waals surface area contributed by atoms with E-state index in [2.05, 4.69) is 20.0 Å². The highest BCUT2D eigenvalue weighted by atomic mass is 16.6. The van der Waals surface area contributed by atoms with E-state index < -0.39 is 30.6 Å². The first kappa shape index (κ1) is 15.0. The summed E-state index contributed by atoms with van der Waals surface area (Å²) >= 11 is 0. The fourth-order valence-corrected chi connectivity index (χ4v) is 2.64. The number of nitrogens with zero attached hydrogens (tertiary/aromatic N) is 5. The van der Waals surface area contributed by atoms with Crippen molar-refractivity contribution in [2.45, 2.75) is 18.1 Å². The number of hydrogen-bond donors (Lipinski definition) is 4. The van der Waals surface area contributed by atoms with Crippen LogP contribution in [0.5, 0.6) is 0 Å². The number of nitriles is 1. The van der Waals surface area contributed by atoms with Crippen LogP contribution in [-0.2, 0) is 4.74 Å². The number of pyridine rings is 1. The highest BCUT2D eigenvalue weighted by Crippen LogP contribution is 2.42. The number of ether oxygens (including phenoxy) is 1. The molecule has 3 heterocycles. The molecule has 11 nitrogen and oxygen atoms in total. The minimum Gasteiger partial charge on any atom is -0.391 e. The van der Waals surface area contributed by atoms with Crippen LogP contribution in [0.2, 0.25) is 0 Å². The molecule has 0 bridgehead atoms. The summed E-state index contributed by atoms with van der Waals surface area (Å²) < 4.78 is 6.91. The van der Waals surface area contributed by atoms with Gasteiger partial charge in [-0.25, -0.2) is 4.98 Å². The highest BCUT2D eigenvalue weighted by Gasteiger charge is 2.60. The average molecular weight is 318 g/mol. The molecule has 2 aromatic heterocycles. The van der Waals surface area contributed by atoms with Gasteiger partial charge in [-0.1, -0.05) is 0 Å². The molecule has 1 saturated heterocycles. The maximum Gasteiger partial charge on any atom is 0.294 e. The minimum atomic E-state index is -1.92. The van der Waals surface area contributed by atoms with E-state index in [1.165, 1.54) is 23.2 Å². The smallest absolute Gasteiger partial charge is 0.294 e. The molecule has 1 aliphatic rings. The molecular weight excluding hydrogens is 306 g/mol. The SMILES string of the molecule is N#C[C@@H]1[C@H](n2cnc3c(=O)cc[nH]c32)O[C@@](CO)(N=[N+]=N)[C@H]1O. The molecule has 0 aliphatic carbocycles. The first-order chi connectivity index (χ1) is 11.1. The summed E-state index contributed by atoms with van der Waals surface area (Å²) in [5.74, 6) is -1.12. The largest absolute Gasteiger partial charge is 0.391 e. The van der Waals surface area contributed by atoms with Gasteiger partial charge in [0.05, 0.1) is 12.4 Å². The zero-order valence-electron chi connectivity index (χ0n) is 11.6. The van der Waals surface area contributed by atoms with E-state index in [9.17, 15) is 20.3 Å². The standard InChI is InChI=1S/C12H11N7O4/c13-3-6-9(22)12(4-20,17-18-14)23-11(6)19-5-16-8-7(21)1-2-15-10(8)19/h1-2,5-6,9,11,14,20,22H,4H2/p+1/t6-,9-,11+,12+/m0/s1. The van der Waals surface area contributed by atoms with Crippen LogP contribution in [0.25, 0.3) is 11.2 Å². The van der Waals surface area contributed by atoms with Crippen molar-refractivity contribution < 1.29 is 14.9 Å². The molecule has 0 aromatic carbocycles. The molecule has 0 unspecified atom stereocenters. The second-order valence-electron chi connectivity index (χ2n) is 5.00. The summed E-state index contributed by atoms with van der Waals surface area (Å²) in [6.45, 7) is -0.769. The van der Waals surface area contributed by atoms with Crippen molar-refractivity contribution in [3.63, 3.8) is 0 Å². The van der Waals surface area contributed by atoms with E-state index in [0.29, 0.717) is 5.65 Å². The van der Waals surface area contributed by atoms with Gasteiger partial charge in [-0.15, -0.1) is 0 Å². The molecule has 0 amide bonds. The van der Waals surface area contributed by atoms with E-state index in [0.717, 1.165) is 0 Å². The molecule has 0 spiro atoms. The second kappa shape index (κ2) is 5.38. The molecule has 1 fully saturated rings. The summed E-state index contributed by atoms with van der Waals surface area (Å²) in [5.41, 5.74) is 5.02. The number of aliphatic hydroxyl groups is 2. The maximum absolute atomic E-state index is 11.8. The molecule has 11 heteroatoms. The van der Waals surface area contributed by atoms with Gasteiger partial charge < -0.3 is 19.9 Å². The molecule has 4 N–H and O–H groups in total. The summed E-state index contributed by atoms with van der Waals surface area (Å²) in [4.78, 5) is 21.4. The van der Waals surface area contributed by atoms with Crippen molar-refractivity contribution in [1.29, 1.82) is 10.8 Å². The first-order valence-corrected chi connectivity index (χ1v) is 6.57. The van der Waals surface area contributed by atoms with Crippen LogP contribution in [0.4, 0.5) is 0 Å². The first-order valence-electron chi connectivity index (χ1n) is 6.57. The van der Waals surface area contributed by atoms with Crippen LogP contribution in [0.15, 0.2) is 28.5 Å². The fraction of sp³-hybridized carbons (Fsp3) is 0.417. The third-order valence-corrected chi connectivity index (χ3v) is 3.79. The lowest BCUT2D eigenvalue weighted by Gasteiger charge is -2.18. The molecule has 2 aromatic rings. The van der Waals surface area contributed by atoms with Crippen molar-refractivity contribution in [3.8, 4) is 6.07 Å². The summed E-state index contributed by atoms with van der Waals surface area (Å²) in [6.07, 6.45) is 0.119. The Hall–Kier alpha value is -2.90. The lowest BCUT2D eigenvalue weighted by Crippen LogP contribution is -2.43.